The Morgan fingerprint density at radius 2 is 1.88 bits per heavy atom. The molecule has 34 heavy (non-hydrogen) atoms. The van der Waals surface area contributed by atoms with Crippen molar-refractivity contribution in [1.82, 2.24) is 10.2 Å². The Hall–Kier alpha value is -3.48. The van der Waals surface area contributed by atoms with Crippen molar-refractivity contribution in [2.45, 2.75) is 38.6 Å². The van der Waals surface area contributed by atoms with Crippen molar-refractivity contribution >= 4 is 17.4 Å². The molecule has 0 N–H and O–H groups in total. The van der Waals surface area contributed by atoms with Gasteiger partial charge in [-0.3, -0.25) is 4.79 Å². The smallest absolute Gasteiger partial charge is 0.232 e. The number of halogens is 1. The summed E-state index contributed by atoms with van der Waals surface area (Å²) >= 11 is 0. The van der Waals surface area contributed by atoms with E-state index in [1.807, 2.05) is 41.3 Å². The fourth-order valence-electron chi connectivity index (χ4n) is 5.05. The largest absolute Gasteiger partial charge is 0.497 e. The van der Waals surface area contributed by atoms with E-state index in [2.05, 4.69) is 22.0 Å². The number of rotatable bonds is 4. The van der Waals surface area contributed by atoms with Crippen molar-refractivity contribution in [2.75, 3.05) is 30.0 Å². The number of hydrogen-bond acceptors (Lipinski definition) is 5. The number of anilines is 2. The average molecular weight is 461 g/mol. The van der Waals surface area contributed by atoms with Crippen LogP contribution in [0.25, 0.3) is 11.3 Å². The first-order chi connectivity index (χ1) is 16.5. The number of nitrogens with zero attached hydrogens (tertiary/aromatic N) is 4. The topological polar surface area (TPSA) is 58.6 Å². The molecule has 1 fully saturated rings. The summed E-state index contributed by atoms with van der Waals surface area (Å²) in [5.41, 5.74) is 3.53. The van der Waals surface area contributed by atoms with E-state index in [0.717, 1.165) is 66.3 Å². The summed E-state index contributed by atoms with van der Waals surface area (Å²) in [6.45, 7) is 3.53. The molecule has 2 atom stereocenters. The Balaban J connectivity index is 1.31. The molecule has 0 spiro atoms. The van der Waals surface area contributed by atoms with E-state index in [-0.39, 0.29) is 23.7 Å². The normalized spacial score (nSPS) is 20.1. The molecule has 0 bridgehead atoms. The Labute approximate surface area is 199 Å². The fourth-order valence-corrected chi connectivity index (χ4v) is 5.05. The Bertz CT molecular complexity index is 1170. The lowest BCUT2D eigenvalue weighted by molar-refractivity contribution is -0.123. The second kappa shape index (κ2) is 9.41. The molecule has 0 aliphatic carbocycles. The first-order valence-electron chi connectivity index (χ1n) is 11.9. The molecule has 2 aromatic carbocycles. The van der Waals surface area contributed by atoms with Crippen LogP contribution < -0.4 is 14.5 Å². The molecule has 2 unspecified atom stereocenters. The van der Waals surface area contributed by atoms with Crippen molar-refractivity contribution in [3.05, 3.63) is 66.0 Å². The molecule has 176 valence electrons. The van der Waals surface area contributed by atoms with Crippen LogP contribution in [0, 0.1) is 11.7 Å². The summed E-state index contributed by atoms with van der Waals surface area (Å²) in [5.74, 6) is 1.32. The zero-order chi connectivity index (χ0) is 23.7. The molecule has 1 amide bonds. The molecule has 5 rings (SSSR count). The van der Waals surface area contributed by atoms with Gasteiger partial charge in [0.15, 0.2) is 5.82 Å². The molecule has 0 radical (unpaired) electrons. The molecule has 1 saturated heterocycles. The van der Waals surface area contributed by atoms with Crippen molar-refractivity contribution in [2.24, 2.45) is 5.92 Å². The van der Waals surface area contributed by atoms with Gasteiger partial charge in [-0.15, -0.1) is 10.2 Å². The zero-order valence-corrected chi connectivity index (χ0v) is 19.6. The van der Waals surface area contributed by atoms with E-state index < -0.39 is 0 Å². The van der Waals surface area contributed by atoms with Crippen molar-refractivity contribution < 1.29 is 13.9 Å². The molecule has 1 aromatic heterocycles. The lowest BCUT2D eigenvalue weighted by Gasteiger charge is -2.40. The van der Waals surface area contributed by atoms with E-state index >= 15 is 0 Å². The lowest BCUT2D eigenvalue weighted by atomic mass is 9.91. The summed E-state index contributed by atoms with van der Waals surface area (Å²) in [6, 6.07) is 16.5. The monoisotopic (exact) mass is 460 g/mol. The number of ether oxygens (including phenoxy) is 1. The van der Waals surface area contributed by atoms with Crippen LogP contribution in [0.15, 0.2) is 54.6 Å². The lowest BCUT2D eigenvalue weighted by Crippen LogP contribution is -2.49. The molecule has 6 nitrogen and oxygen atoms in total. The second-order valence-electron chi connectivity index (χ2n) is 9.16. The van der Waals surface area contributed by atoms with Crippen LogP contribution >= 0.6 is 0 Å². The van der Waals surface area contributed by atoms with Crippen molar-refractivity contribution in [3.63, 3.8) is 0 Å². The van der Waals surface area contributed by atoms with Gasteiger partial charge < -0.3 is 14.5 Å². The van der Waals surface area contributed by atoms with Crippen LogP contribution in [0.5, 0.6) is 5.75 Å². The summed E-state index contributed by atoms with van der Waals surface area (Å²) < 4.78 is 19.0. The molecule has 3 aromatic rings. The number of benzene rings is 2. The van der Waals surface area contributed by atoms with Crippen LogP contribution in [-0.4, -0.2) is 42.3 Å². The van der Waals surface area contributed by atoms with Gasteiger partial charge in [-0.1, -0.05) is 0 Å². The van der Waals surface area contributed by atoms with Crippen LogP contribution in [-0.2, 0) is 11.2 Å². The van der Waals surface area contributed by atoms with Crippen LogP contribution in [0.2, 0.25) is 0 Å². The van der Waals surface area contributed by atoms with Gasteiger partial charge in [-0.05, 0) is 92.8 Å². The van der Waals surface area contributed by atoms with E-state index in [0.29, 0.717) is 6.54 Å². The van der Waals surface area contributed by atoms with E-state index in [4.69, 9.17) is 4.74 Å². The third-order valence-electron chi connectivity index (χ3n) is 6.94. The molecule has 0 saturated carbocycles. The predicted molar refractivity (Wildman–Crippen MR) is 131 cm³/mol. The quantitative estimate of drug-likeness (QED) is 0.556. The van der Waals surface area contributed by atoms with Crippen LogP contribution in [0.4, 0.5) is 15.9 Å². The highest BCUT2D eigenvalue weighted by molar-refractivity contribution is 5.97. The van der Waals surface area contributed by atoms with E-state index in [9.17, 15) is 9.18 Å². The summed E-state index contributed by atoms with van der Waals surface area (Å²) in [6.07, 6.45) is 3.39. The third kappa shape index (κ3) is 4.34. The minimum Gasteiger partial charge on any atom is -0.497 e. The minimum absolute atomic E-state index is 0.101. The molecule has 7 heteroatoms. The first kappa shape index (κ1) is 22.3. The van der Waals surface area contributed by atoms with Crippen LogP contribution in [0.3, 0.4) is 0 Å². The fraction of sp³-hybridized carbons (Fsp3) is 0.370. The Morgan fingerprint density at radius 3 is 2.62 bits per heavy atom. The van der Waals surface area contributed by atoms with Gasteiger partial charge in [0.2, 0.25) is 5.91 Å². The minimum atomic E-state index is -0.249. The Kier molecular flexibility index (Phi) is 6.18. The maximum atomic E-state index is 13.8. The summed E-state index contributed by atoms with van der Waals surface area (Å²) in [5, 5.41) is 8.89. The number of aromatic nitrogens is 2. The van der Waals surface area contributed by atoms with Gasteiger partial charge in [-0.2, -0.15) is 0 Å². The number of hydrogen-bond donors (Lipinski definition) is 0. The highest BCUT2D eigenvalue weighted by Gasteiger charge is 2.35. The predicted octanol–water partition coefficient (Wildman–Crippen LogP) is 4.88. The van der Waals surface area contributed by atoms with Gasteiger partial charge in [0, 0.05) is 30.4 Å². The van der Waals surface area contributed by atoms with Gasteiger partial charge in [0.25, 0.3) is 0 Å². The second-order valence-corrected chi connectivity index (χ2v) is 9.16. The number of fused-ring (bicyclic) bond motifs is 1. The summed E-state index contributed by atoms with van der Waals surface area (Å²) in [7, 11) is 1.64. The highest BCUT2D eigenvalue weighted by atomic mass is 19.1. The number of carbonyl (C=O) groups is 1. The van der Waals surface area contributed by atoms with Crippen LogP contribution in [0.1, 0.15) is 31.7 Å². The molecular weight excluding hydrogens is 431 g/mol. The van der Waals surface area contributed by atoms with Gasteiger partial charge in [0.1, 0.15) is 11.6 Å². The average Bonchev–Trinajstić information content (AvgIpc) is 2.88. The number of carbonyl (C=O) groups excluding carboxylic acids is 1. The van der Waals surface area contributed by atoms with Crippen molar-refractivity contribution in [3.8, 4) is 17.0 Å². The van der Waals surface area contributed by atoms with Gasteiger partial charge in [0.05, 0.1) is 18.7 Å². The standard InChI is InChI=1S/C27H29FN4O2/c1-18-5-6-20-16-22(28)9-13-25(20)32(18)27(33)21-4-3-15-31(17-21)26-14-12-24(29-30-26)19-7-10-23(34-2)11-8-19/h7-14,16,18,21H,3-6,15,17H2,1-2H3. The maximum absolute atomic E-state index is 13.8. The first-order valence-corrected chi connectivity index (χ1v) is 11.9. The molecular formula is C27H29FN4O2. The van der Waals surface area contributed by atoms with Gasteiger partial charge >= 0.3 is 0 Å². The highest BCUT2D eigenvalue weighted by Crippen LogP contribution is 2.34. The molecule has 2 aliphatic rings. The number of methoxy groups -OCH3 is 1. The van der Waals surface area contributed by atoms with Gasteiger partial charge in [-0.25, -0.2) is 4.39 Å². The zero-order valence-electron chi connectivity index (χ0n) is 19.6. The maximum Gasteiger partial charge on any atom is 0.232 e. The SMILES string of the molecule is COc1ccc(-c2ccc(N3CCCC(C(=O)N4c5ccc(F)cc5CCC4C)C3)nn2)cc1. The molecule has 2 aliphatic heterocycles. The molecule has 3 heterocycles. The van der Waals surface area contributed by atoms with E-state index in [1.54, 1.807) is 19.2 Å². The Morgan fingerprint density at radius 1 is 1.06 bits per heavy atom. The summed E-state index contributed by atoms with van der Waals surface area (Å²) in [4.78, 5) is 17.7. The third-order valence-corrected chi connectivity index (χ3v) is 6.94. The van der Waals surface area contributed by atoms with Crippen molar-refractivity contribution in [1.29, 1.82) is 0 Å². The number of aryl methyl sites for hydroxylation is 1. The number of amides is 1. The van der Waals surface area contributed by atoms with E-state index in [1.165, 1.54) is 6.07 Å². The number of piperidine rings is 1.